The molecule has 5 rings (SSSR count). The number of benzene rings is 1. The van der Waals surface area contributed by atoms with Gasteiger partial charge in [0.25, 0.3) is 0 Å². The van der Waals surface area contributed by atoms with Crippen LogP contribution in [0.5, 0.6) is 5.75 Å². The lowest BCUT2D eigenvalue weighted by atomic mass is 9.89. The standard InChI is InChI=1S/C20H21ClN4O2/c21-14-2-4-15(5-3-14)27-16-10-20(26-11-16)7-1-9-25(12-20)19-17-6-8-22-18(17)23-13-24-19/h2-6,8,13,16H,1,7,9-12H2,(H,22,23,24)/t16-,20-/m1/s1. The molecule has 0 unspecified atom stereocenters. The number of aromatic amines is 1. The zero-order valence-electron chi connectivity index (χ0n) is 14.9. The summed E-state index contributed by atoms with van der Waals surface area (Å²) < 4.78 is 12.4. The Morgan fingerprint density at radius 3 is 3.00 bits per heavy atom. The fraction of sp³-hybridized carbons (Fsp3) is 0.400. The topological polar surface area (TPSA) is 63.3 Å². The van der Waals surface area contributed by atoms with Crippen molar-refractivity contribution in [3.8, 4) is 5.75 Å². The largest absolute Gasteiger partial charge is 0.488 e. The number of piperidine rings is 1. The summed E-state index contributed by atoms with van der Waals surface area (Å²) in [6, 6.07) is 9.55. The molecule has 140 valence electrons. The number of nitrogens with zero attached hydrogens (tertiary/aromatic N) is 3. The average Bonchev–Trinajstić information content (AvgIpc) is 3.31. The Bertz CT molecular complexity index is 945. The summed E-state index contributed by atoms with van der Waals surface area (Å²) in [4.78, 5) is 14.3. The number of ether oxygens (including phenoxy) is 2. The zero-order valence-corrected chi connectivity index (χ0v) is 15.7. The third-order valence-corrected chi connectivity index (χ3v) is 5.72. The summed E-state index contributed by atoms with van der Waals surface area (Å²) in [5.41, 5.74) is 0.694. The SMILES string of the molecule is Clc1ccc(O[C@H]2CO[C@]3(CCCN(c4ncnc5[nH]ccc45)C3)C2)cc1. The summed E-state index contributed by atoms with van der Waals surface area (Å²) in [6.07, 6.45) is 6.59. The highest BCUT2D eigenvalue weighted by Gasteiger charge is 2.45. The van der Waals surface area contributed by atoms with E-state index in [0.29, 0.717) is 11.6 Å². The molecular formula is C20H21ClN4O2. The van der Waals surface area contributed by atoms with E-state index in [9.17, 15) is 0 Å². The van der Waals surface area contributed by atoms with Gasteiger partial charge in [-0.25, -0.2) is 9.97 Å². The second-order valence-electron chi connectivity index (χ2n) is 7.35. The molecular weight excluding hydrogens is 364 g/mol. The van der Waals surface area contributed by atoms with Crippen molar-refractivity contribution in [2.45, 2.75) is 31.0 Å². The fourth-order valence-corrected chi connectivity index (χ4v) is 4.38. The molecule has 3 aromatic rings. The van der Waals surface area contributed by atoms with Gasteiger partial charge in [-0.3, -0.25) is 0 Å². The highest BCUT2D eigenvalue weighted by Crippen LogP contribution is 2.38. The van der Waals surface area contributed by atoms with Gasteiger partial charge in [-0.1, -0.05) is 11.6 Å². The molecule has 0 saturated carbocycles. The summed E-state index contributed by atoms with van der Waals surface area (Å²) >= 11 is 5.95. The predicted molar refractivity (Wildman–Crippen MR) is 105 cm³/mol. The van der Waals surface area contributed by atoms with Gasteiger partial charge in [-0.05, 0) is 43.2 Å². The molecule has 2 aliphatic rings. The van der Waals surface area contributed by atoms with Crippen LogP contribution in [0.15, 0.2) is 42.9 Å². The first-order chi connectivity index (χ1) is 13.2. The Labute approximate surface area is 162 Å². The molecule has 0 radical (unpaired) electrons. The smallest absolute Gasteiger partial charge is 0.142 e. The van der Waals surface area contributed by atoms with Gasteiger partial charge in [0, 0.05) is 30.7 Å². The van der Waals surface area contributed by atoms with E-state index in [-0.39, 0.29) is 11.7 Å². The molecule has 1 aromatic carbocycles. The zero-order chi connectivity index (χ0) is 18.3. The van der Waals surface area contributed by atoms with Crippen LogP contribution in [0.25, 0.3) is 11.0 Å². The third-order valence-electron chi connectivity index (χ3n) is 5.46. The van der Waals surface area contributed by atoms with Crippen LogP contribution in [-0.4, -0.2) is 46.4 Å². The van der Waals surface area contributed by atoms with Crippen LogP contribution in [0.4, 0.5) is 5.82 Å². The maximum Gasteiger partial charge on any atom is 0.142 e. The molecule has 7 heteroatoms. The van der Waals surface area contributed by atoms with E-state index in [1.807, 2.05) is 36.5 Å². The van der Waals surface area contributed by atoms with E-state index >= 15 is 0 Å². The van der Waals surface area contributed by atoms with Crippen molar-refractivity contribution in [1.82, 2.24) is 15.0 Å². The van der Waals surface area contributed by atoms with E-state index in [4.69, 9.17) is 21.1 Å². The minimum Gasteiger partial charge on any atom is -0.488 e. The minimum atomic E-state index is -0.178. The Morgan fingerprint density at radius 2 is 2.11 bits per heavy atom. The van der Waals surface area contributed by atoms with Crippen molar-refractivity contribution < 1.29 is 9.47 Å². The molecule has 1 N–H and O–H groups in total. The molecule has 2 aliphatic heterocycles. The van der Waals surface area contributed by atoms with Crippen LogP contribution in [0, 0.1) is 0 Å². The predicted octanol–water partition coefficient (Wildman–Crippen LogP) is 3.82. The molecule has 4 heterocycles. The van der Waals surface area contributed by atoms with Gasteiger partial charge in [-0.15, -0.1) is 0 Å². The molecule has 2 aromatic heterocycles. The Balaban J connectivity index is 1.32. The Morgan fingerprint density at radius 1 is 1.22 bits per heavy atom. The molecule has 0 bridgehead atoms. The van der Waals surface area contributed by atoms with Gasteiger partial charge < -0.3 is 19.4 Å². The van der Waals surface area contributed by atoms with Crippen molar-refractivity contribution in [1.29, 1.82) is 0 Å². The molecule has 2 atom stereocenters. The first kappa shape index (κ1) is 16.8. The number of anilines is 1. The van der Waals surface area contributed by atoms with Crippen LogP contribution in [0.1, 0.15) is 19.3 Å². The van der Waals surface area contributed by atoms with E-state index in [1.54, 1.807) is 6.33 Å². The lowest BCUT2D eigenvalue weighted by molar-refractivity contribution is -0.00823. The van der Waals surface area contributed by atoms with Crippen molar-refractivity contribution in [3.63, 3.8) is 0 Å². The van der Waals surface area contributed by atoms with Crippen molar-refractivity contribution in [2.24, 2.45) is 0 Å². The van der Waals surface area contributed by atoms with Crippen molar-refractivity contribution in [2.75, 3.05) is 24.6 Å². The second-order valence-corrected chi connectivity index (χ2v) is 7.79. The molecule has 2 fully saturated rings. The van der Waals surface area contributed by atoms with E-state index in [1.165, 1.54) is 0 Å². The normalized spacial score (nSPS) is 25.4. The van der Waals surface area contributed by atoms with Crippen LogP contribution in [-0.2, 0) is 4.74 Å². The van der Waals surface area contributed by atoms with Crippen LogP contribution < -0.4 is 9.64 Å². The van der Waals surface area contributed by atoms with Crippen molar-refractivity contribution >= 4 is 28.5 Å². The summed E-state index contributed by atoms with van der Waals surface area (Å²) in [5, 5.41) is 1.77. The maximum atomic E-state index is 6.29. The first-order valence-corrected chi connectivity index (χ1v) is 9.68. The average molecular weight is 385 g/mol. The van der Waals surface area contributed by atoms with E-state index < -0.39 is 0 Å². The van der Waals surface area contributed by atoms with E-state index in [0.717, 1.165) is 55.0 Å². The number of nitrogens with one attached hydrogen (secondary N) is 1. The summed E-state index contributed by atoms with van der Waals surface area (Å²) in [6.45, 7) is 2.41. The summed E-state index contributed by atoms with van der Waals surface area (Å²) in [7, 11) is 0. The number of H-pyrrole nitrogens is 1. The number of hydrogen-bond donors (Lipinski definition) is 1. The van der Waals surface area contributed by atoms with Gasteiger partial charge in [-0.2, -0.15) is 0 Å². The number of halogens is 1. The van der Waals surface area contributed by atoms with Gasteiger partial charge in [0.2, 0.25) is 0 Å². The maximum absolute atomic E-state index is 6.29. The number of fused-ring (bicyclic) bond motifs is 1. The van der Waals surface area contributed by atoms with Crippen molar-refractivity contribution in [3.05, 3.63) is 47.9 Å². The van der Waals surface area contributed by atoms with Gasteiger partial charge >= 0.3 is 0 Å². The first-order valence-electron chi connectivity index (χ1n) is 9.30. The Hall–Kier alpha value is -2.31. The molecule has 0 amide bonds. The molecule has 27 heavy (non-hydrogen) atoms. The molecule has 0 aliphatic carbocycles. The van der Waals surface area contributed by atoms with Crippen LogP contribution >= 0.6 is 11.6 Å². The highest BCUT2D eigenvalue weighted by atomic mass is 35.5. The molecule has 6 nitrogen and oxygen atoms in total. The second kappa shape index (κ2) is 6.69. The molecule has 1 spiro atoms. The van der Waals surface area contributed by atoms with Crippen LogP contribution in [0.2, 0.25) is 5.02 Å². The summed E-state index contributed by atoms with van der Waals surface area (Å²) in [5.74, 6) is 1.81. The third kappa shape index (κ3) is 3.24. The van der Waals surface area contributed by atoms with Crippen LogP contribution in [0.3, 0.4) is 0 Å². The quantitative estimate of drug-likeness (QED) is 0.743. The lowest BCUT2D eigenvalue weighted by Crippen LogP contribution is -2.48. The Kier molecular flexibility index (Phi) is 4.17. The number of aromatic nitrogens is 3. The number of hydrogen-bond acceptors (Lipinski definition) is 5. The highest BCUT2D eigenvalue weighted by molar-refractivity contribution is 6.30. The fourth-order valence-electron chi connectivity index (χ4n) is 4.26. The lowest BCUT2D eigenvalue weighted by Gasteiger charge is -2.40. The van der Waals surface area contributed by atoms with Gasteiger partial charge in [0.1, 0.15) is 29.6 Å². The van der Waals surface area contributed by atoms with E-state index in [2.05, 4.69) is 19.9 Å². The number of rotatable bonds is 3. The van der Waals surface area contributed by atoms with Gasteiger partial charge in [0.05, 0.1) is 17.6 Å². The molecule has 2 saturated heterocycles. The minimum absolute atomic E-state index is 0.0591. The monoisotopic (exact) mass is 384 g/mol. The van der Waals surface area contributed by atoms with Gasteiger partial charge in [0.15, 0.2) is 0 Å².